The number of aryl methyl sites for hydroxylation is 1. The Morgan fingerprint density at radius 2 is 1.73 bits per heavy atom. The number of amides is 3. The highest BCUT2D eigenvalue weighted by molar-refractivity contribution is 8.00. The molecule has 0 fully saturated rings. The molecule has 0 saturated carbocycles. The van der Waals surface area contributed by atoms with Crippen molar-refractivity contribution in [1.82, 2.24) is 5.32 Å². The Morgan fingerprint density at radius 3 is 2.46 bits per heavy atom. The summed E-state index contributed by atoms with van der Waals surface area (Å²) in [6.07, 6.45) is 6.08. The molecule has 5 rings (SSSR count). The Balaban J connectivity index is 1.33. The molecule has 0 spiro atoms. The Morgan fingerprint density at radius 1 is 0.958 bits per heavy atom. The monoisotopic (exact) mass is 680 g/mol. The molecule has 1 atom stereocenters. The Labute approximate surface area is 288 Å². The molecular weight excluding hydrogens is 645 g/mol. The van der Waals surface area contributed by atoms with Gasteiger partial charge in [0, 0.05) is 21.0 Å². The van der Waals surface area contributed by atoms with Crippen LogP contribution in [-0.2, 0) is 22.4 Å². The van der Waals surface area contributed by atoms with Crippen LogP contribution in [0.1, 0.15) is 58.1 Å². The van der Waals surface area contributed by atoms with Crippen LogP contribution < -0.4 is 25.4 Å². The number of rotatable bonds is 12. The predicted octanol–water partition coefficient (Wildman–Crippen LogP) is 7.43. The van der Waals surface area contributed by atoms with E-state index in [2.05, 4.69) is 22.0 Å². The van der Waals surface area contributed by atoms with Crippen molar-refractivity contribution >= 4 is 57.6 Å². The van der Waals surface area contributed by atoms with Crippen molar-refractivity contribution in [2.45, 2.75) is 49.2 Å². The number of nitrogens with one attached hydrogen (secondary N) is 3. The van der Waals surface area contributed by atoms with Gasteiger partial charge in [0.25, 0.3) is 11.8 Å². The second-order valence-corrected chi connectivity index (χ2v) is 13.4. The van der Waals surface area contributed by atoms with Gasteiger partial charge in [-0.15, -0.1) is 23.1 Å². The first-order valence-corrected chi connectivity index (χ1v) is 17.3. The lowest BCUT2D eigenvalue weighted by Gasteiger charge is -2.16. The van der Waals surface area contributed by atoms with Crippen LogP contribution in [0.5, 0.6) is 11.5 Å². The summed E-state index contributed by atoms with van der Waals surface area (Å²) >= 11 is 2.89. The minimum absolute atomic E-state index is 0.0203. The molecule has 0 saturated heterocycles. The van der Waals surface area contributed by atoms with E-state index in [0.29, 0.717) is 45.3 Å². The number of nitriles is 1. The number of hydrogen-bond donors (Lipinski definition) is 3. The van der Waals surface area contributed by atoms with Gasteiger partial charge in [0.15, 0.2) is 11.5 Å². The highest BCUT2D eigenvalue weighted by atomic mass is 32.2. The highest BCUT2D eigenvalue weighted by Gasteiger charge is 2.25. The van der Waals surface area contributed by atoms with E-state index in [4.69, 9.17) is 9.47 Å². The van der Waals surface area contributed by atoms with Gasteiger partial charge in [-0.05, 0) is 91.8 Å². The molecule has 1 aliphatic carbocycles. The van der Waals surface area contributed by atoms with Gasteiger partial charge in [-0.2, -0.15) is 5.26 Å². The van der Waals surface area contributed by atoms with Crippen LogP contribution in [0.3, 0.4) is 0 Å². The van der Waals surface area contributed by atoms with E-state index in [-0.39, 0.29) is 11.6 Å². The van der Waals surface area contributed by atoms with Crippen LogP contribution in [0.25, 0.3) is 6.08 Å². The van der Waals surface area contributed by atoms with Crippen molar-refractivity contribution in [3.8, 4) is 17.6 Å². The Bertz CT molecular complexity index is 1880. The number of ether oxygens (including phenoxy) is 2. The topological polar surface area (TPSA) is 130 Å². The molecule has 0 bridgehead atoms. The molecule has 1 aliphatic rings. The molecule has 3 aromatic carbocycles. The molecule has 246 valence electrons. The van der Waals surface area contributed by atoms with E-state index in [1.54, 1.807) is 72.8 Å². The van der Waals surface area contributed by atoms with E-state index in [0.717, 1.165) is 36.1 Å². The minimum atomic E-state index is -0.535. The van der Waals surface area contributed by atoms with Gasteiger partial charge in [0.2, 0.25) is 5.91 Å². The number of nitrogens with zero attached hydrogens (tertiary/aromatic N) is 1. The third-order valence-electron chi connectivity index (χ3n) is 7.80. The van der Waals surface area contributed by atoms with Gasteiger partial charge >= 0.3 is 0 Å². The minimum Gasteiger partial charge on any atom is -0.493 e. The summed E-state index contributed by atoms with van der Waals surface area (Å²) in [6.45, 7) is 1.94. The summed E-state index contributed by atoms with van der Waals surface area (Å²) in [7, 11) is 3.06. The Hall–Kier alpha value is -5.05. The van der Waals surface area contributed by atoms with E-state index in [9.17, 15) is 19.6 Å². The molecule has 1 unspecified atom stereocenters. The molecule has 3 amide bonds. The van der Waals surface area contributed by atoms with Crippen LogP contribution >= 0.6 is 23.1 Å². The highest BCUT2D eigenvalue weighted by Crippen LogP contribution is 2.38. The predicted molar refractivity (Wildman–Crippen MR) is 191 cm³/mol. The van der Waals surface area contributed by atoms with Crippen molar-refractivity contribution in [3.05, 3.63) is 106 Å². The second kappa shape index (κ2) is 16.2. The molecule has 11 heteroatoms. The first-order chi connectivity index (χ1) is 23.3. The van der Waals surface area contributed by atoms with Crippen molar-refractivity contribution in [3.63, 3.8) is 0 Å². The van der Waals surface area contributed by atoms with Crippen LogP contribution in [0.2, 0.25) is 0 Å². The third-order valence-corrected chi connectivity index (χ3v) is 10.4. The zero-order chi connectivity index (χ0) is 34.0. The number of carbonyl (C=O) groups excluding carboxylic acids is 3. The van der Waals surface area contributed by atoms with Crippen molar-refractivity contribution in [2.24, 2.45) is 0 Å². The van der Waals surface area contributed by atoms with Gasteiger partial charge < -0.3 is 25.4 Å². The number of fused-ring (bicyclic) bond motifs is 1. The summed E-state index contributed by atoms with van der Waals surface area (Å²) < 4.78 is 10.7. The van der Waals surface area contributed by atoms with E-state index in [1.807, 2.05) is 13.0 Å². The normalized spacial score (nSPS) is 13.0. The molecule has 0 aliphatic heterocycles. The summed E-state index contributed by atoms with van der Waals surface area (Å²) in [6, 6.07) is 23.3. The van der Waals surface area contributed by atoms with Crippen LogP contribution in [0.15, 0.2) is 83.4 Å². The number of anilines is 2. The summed E-state index contributed by atoms with van der Waals surface area (Å²) in [5, 5.41) is 18.7. The zero-order valence-corrected chi connectivity index (χ0v) is 28.6. The van der Waals surface area contributed by atoms with Gasteiger partial charge in [-0.3, -0.25) is 14.4 Å². The Kier molecular flexibility index (Phi) is 11.6. The van der Waals surface area contributed by atoms with Crippen LogP contribution in [0, 0.1) is 11.3 Å². The van der Waals surface area contributed by atoms with Crippen molar-refractivity contribution in [1.29, 1.82) is 5.26 Å². The molecule has 48 heavy (non-hydrogen) atoms. The molecule has 9 nitrogen and oxygen atoms in total. The molecule has 1 aromatic heterocycles. The van der Waals surface area contributed by atoms with Crippen LogP contribution in [0.4, 0.5) is 10.7 Å². The summed E-state index contributed by atoms with van der Waals surface area (Å²) in [5.41, 5.74) is 3.18. The number of thioether (sulfide) groups is 1. The largest absolute Gasteiger partial charge is 0.493 e. The van der Waals surface area contributed by atoms with Crippen molar-refractivity contribution in [2.75, 3.05) is 24.9 Å². The van der Waals surface area contributed by atoms with Gasteiger partial charge in [-0.25, -0.2) is 0 Å². The fourth-order valence-corrected chi connectivity index (χ4v) is 7.60. The quantitative estimate of drug-likeness (QED) is 0.105. The fraction of sp³-hybridized carbons (Fsp3) is 0.243. The maximum absolute atomic E-state index is 13.7. The molecule has 4 aromatic rings. The number of carbonyl (C=O) groups is 3. The summed E-state index contributed by atoms with van der Waals surface area (Å²) in [4.78, 5) is 42.1. The molecular formula is C37H36N4O5S2. The van der Waals surface area contributed by atoms with Crippen LogP contribution in [-0.4, -0.2) is 37.2 Å². The number of thiophene rings is 1. The average molecular weight is 681 g/mol. The molecule has 1 heterocycles. The maximum atomic E-state index is 13.7. The number of methoxy groups -OCH3 is 2. The standard InChI is InChI=1S/C37H36N4O5S2/c1-4-32(36(44)41-37-28(22-38)27-15-8-9-16-33(27)48-37)47-26-14-10-13-25(21-26)39-35(43)29(40-34(42)24-11-6-5-7-12-24)19-23-17-18-30(45-2)31(20-23)46-3/h5-7,10-14,17-21,32H,4,8-9,15-16H2,1-3H3,(H,39,43)(H,40,42)(H,41,44)/b29-19+. The zero-order valence-electron chi connectivity index (χ0n) is 26.9. The average Bonchev–Trinajstić information content (AvgIpc) is 3.47. The lowest BCUT2D eigenvalue weighted by molar-refractivity contribution is -0.116. The first-order valence-electron chi connectivity index (χ1n) is 15.6. The lowest BCUT2D eigenvalue weighted by Crippen LogP contribution is -2.30. The van der Waals surface area contributed by atoms with E-state index >= 15 is 0 Å². The fourth-order valence-electron chi connectivity index (χ4n) is 5.35. The SMILES string of the molecule is CCC(Sc1cccc(NC(=O)/C(=C\c2ccc(OC)c(OC)c2)NC(=O)c2ccccc2)c1)C(=O)Nc1sc2c(c1C#N)CCCC2. The second-order valence-electron chi connectivity index (χ2n) is 11.0. The third kappa shape index (κ3) is 8.26. The van der Waals surface area contributed by atoms with Gasteiger partial charge in [0.05, 0.1) is 25.0 Å². The lowest BCUT2D eigenvalue weighted by atomic mass is 9.96. The molecule has 0 radical (unpaired) electrons. The van der Waals surface area contributed by atoms with E-state index in [1.165, 1.54) is 42.2 Å². The van der Waals surface area contributed by atoms with Gasteiger partial charge in [0.1, 0.15) is 16.8 Å². The van der Waals surface area contributed by atoms with Gasteiger partial charge in [-0.1, -0.05) is 37.3 Å². The number of hydrogen-bond acceptors (Lipinski definition) is 8. The molecule has 3 N–H and O–H groups in total. The first kappa shape index (κ1) is 34.3. The van der Waals surface area contributed by atoms with E-state index < -0.39 is 17.1 Å². The maximum Gasteiger partial charge on any atom is 0.272 e. The smallest absolute Gasteiger partial charge is 0.272 e. The number of benzene rings is 3. The summed E-state index contributed by atoms with van der Waals surface area (Å²) in [5.74, 6) is -0.142. The van der Waals surface area contributed by atoms with Crippen molar-refractivity contribution < 1.29 is 23.9 Å².